The fraction of sp³-hybridized carbons (Fsp3) is 0.372. The quantitative estimate of drug-likeness (QED) is 0.0599. The number of hydrogen-bond donors (Lipinski definition) is 0. The average Bonchev–Trinajstić information content (AvgIpc) is 3.12. The third kappa shape index (κ3) is 11.7. The smallest absolute Gasteiger partial charge is 0.343 e. The van der Waals surface area contributed by atoms with Crippen molar-refractivity contribution in [3.8, 4) is 28.0 Å². The highest BCUT2D eigenvalue weighted by Gasteiger charge is 2.15. The molecule has 0 aliphatic carbocycles. The molecule has 4 aromatic rings. The van der Waals surface area contributed by atoms with Crippen molar-refractivity contribution in [1.29, 1.82) is 0 Å². The summed E-state index contributed by atoms with van der Waals surface area (Å²) in [5.74, 6) is -0.639. The van der Waals surface area contributed by atoms with Gasteiger partial charge in [-0.05, 0) is 110 Å². The Morgan fingerprint density at radius 2 is 0.776 bits per heavy atom. The van der Waals surface area contributed by atoms with Gasteiger partial charge in [0.1, 0.15) is 5.75 Å². The van der Waals surface area contributed by atoms with E-state index in [0.29, 0.717) is 22.4 Å². The van der Waals surface area contributed by atoms with E-state index in [1.54, 1.807) is 48.5 Å². The van der Waals surface area contributed by atoms with E-state index in [2.05, 4.69) is 13.8 Å². The van der Waals surface area contributed by atoms with Gasteiger partial charge in [-0.3, -0.25) is 0 Å². The zero-order chi connectivity index (χ0) is 35.0. The van der Waals surface area contributed by atoms with Gasteiger partial charge in [-0.15, -0.1) is 0 Å². The Bertz CT molecular complexity index is 1610. The predicted octanol–water partition coefficient (Wildman–Crippen LogP) is 11.3. The molecule has 0 aliphatic rings. The molecule has 0 radical (unpaired) electrons. The topological polar surface area (TPSA) is 78.9 Å². The molecule has 0 aliphatic heterocycles. The Balaban J connectivity index is 1.26. The fourth-order valence-electron chi connectivity index (χ4n) is 5.61. The van der Waals surface area contributed by atoms with Gasteiger partial charge in [0.15, 0.2) is 0 Å². The third-order valence-corrected chi connectivity index (χ3v) is 8.64. The van der Waals surface area contributed by atoms with Gasteiger partial charge >= 0.3 is 17.9 Å². The first-order chi connectivity index (χ1) is 23.8. The number of unbranched alkanes of at least 4 members (excludes halogenated alkanes) is 6. The molecular formula is C43H50O6. The van der Waals surface area contributed by atoms with Crippen LogP contribution < -0.4 is 4.74 Å². The molecule has 0 N–H and O–H groups in total. The lowest BCUT2D eigenvalue weighted by Gasteiger charge is -2.13. The van der Waals surface area contributed by atoms with Crippen molar-refractivity contribution in [3.05, 3.63) is 114 Å². The molecule has 6 nitrogen and oxygen atoms in total. The van der Waals surface area contributed by atoms with E-state index < -0.39 is 5.97 Å². The lowest BCUT2D eigenvalue weighted by atomic mass is 10.0. The van der Waals surface area contributed by atoms with E-state index in [1.165, 1.54) is 25.7 Å². The molecule has 0 heterocycles. The average molecular weight is 663 g/mol. The molecule has 0 bridgehead atoms. The van der Waals surface area contributed by atoms with E-state index >= 15 is 0 Å². The van der Waals surface area contributed by atoms with E-state index in [1.807, 2.05) is 62.4 Å². The standard InChI is InChI=1S/C43H50O6/c1-5-7-9-11-13-31(3)47-41(44)37-21-15-33(16-22-37)34-19-25-39(26-20-34)43(46)49-40-29-27-36(28-30-40)35-17-23-38(24-18-35)42(45)48-32(4)14-12-10-8-6-2/h15-32H,5-14H2,1-4H3/t31-,32+/m1/s1. The minimum absolute atomic E-state index is 0.105. The van der Waals surface area contributed by atoms with Gasteiger partial charge in [0.2, 0.25) is 0 Å². The van der Waals surface area contributed by atoms with Crippen molar-refractivity contribution >= 4 is 17.9 Å². The summed E-state index contributed by atoms with van der Waals surface area (Å²) in [6.45, 7) is 8.25. The summed E-state index contributed by atoms with van der Waals surface area (Å²) in [4.78, 5) is 38.0. The summed E-state index contributed by atoms with van der Waals surface area (Å²) >= 11 is 0. The molecule has 0 fully saturated rings. The molecule has 0 aromatic heterocycles. The van der Waals surface area contributed by atoms with Crippen LogP contribution in [-0.2, 0) is 9.47 Å². The van der Waals surface area contributed by atoms with Crippen LogP contribution in [0.4, 0.5) is 0 Å². The highest BCUT2D eigenvalue weighted by atomic mass is 16.5. The summed E-state index contributed by atoms with van der Waals surface area (Å²) in [6.07, 6.45) is 10.8. The first kappa shape index (κ1) is 37.1. The molecule has 0 amide bonds. The number of carbonyl (C=O) groups is 3. The molecule has 6 heteroatoms. The Hall–Kier alpha value is -4.71. The first-order valence-corrected chi connectivity index (χ1v) is 17.8. The van der Waals surface area contributed by atoms with Crippen molar-refractivity contribution < 1.29 is 28.6 Å². The Morgan fingerprint density at radius 3 is 1.12 bits per heavy atom. The van der Waals surface area contributed by atoms with Crippen LogP contribution in [0.5, 0.6) is 5.75 Å². The summed E-state index contributed by atoms with van der Waals surface area (Å²) in [7, 11) is 0. The molecule has 0 saturated carbocycles. The second-order valence-corrected chi connectivity index (χ2v) is 12.8. The van der Waals surface area contributed by atoms with Gasteiger partial charge in [0.25, 0.3) is 0 Å². The Kier molecular flexibility index (Phi) is 14.6. The summed E-state index contributed by atoms with van der Waals surface area (Å²) in [5.41, 5.74) is 5.19. The van der Waals surface area contributed by atoms with Gasteiger partial charge in [-0.25, -0.2) is 14.4 Å². The van der Waals surface area contributed by atoms with Crippen LogP contribution in [0, 0.1) is 0 Å². The summed E-state index contributed by atoms with van der Waals surface area (Å²) in [5, 5.41) is 0. The van der Waals surface area contributed by atoms with Crippen LogP contribution in [0.2, 0.25) is 0 Å². The minimum atomic E-state index is -0.455. The number of rotatable bonds is 18. The maximum absolute atomic E-state index is 12.9. The van der Waals surface area contributed by atoms with E-state index in [9.17, 15) is 14.4 Å². The van der Waals surface area contributed by atoms with Crippen molar-refractivity contribution in [2.75, 3.05) is 0 Å². The van der Waals surface area contributed by atoms with E-state index in [4.69, 9.17) is 14.2 Å². The summed E-state index contributed by atoms with van der Waals surface area (Å²) < 4.78 is 16.9. The van der Waals surface area contributed by atoms with Gasteiger partial charge in [-0.2, -0.15) is 0 Å². The largest absolute Gasteiger partial charge is 0.459 e. The van der Waals surface area contributed by atoms with Crippen LogP contribution in [-0.4, -0.2) is 30.1 Å². The molecule has 49 heavy (non-hydrogen) atoms. The van der Waals surface area contributed by atoms with Crippen molar-refractivity contribution in [1.82, 2.24) is 0 Å². The lowest BCUT2D eigenvalue weighted by molar-refractivity contribution is 0.0309. The van der Waals surface area contributed by atoms with Gasteiger partial charge in [-0.1, -0.05) is 101 Å². The summed E-state index contributed by atoms with van der Waals surface area (Å²) in [6, 6.07) is 29.1. The normalized spacial score (nSPS) is 12.2. The third-order valence-electron chi connectivity index (χ3n) is 8.64. The number of ether oxygens (including phenoxy) is 3. The molecule has 4 aromatic carbocycles. The highest BCUT2D eigenvalue weighted by molar-refractivity contribution is 5.92. The minimum Gasteiger partial charge on any atom is -0.459 e. The zero-order valence-corrected chi connectivity index (χ0v) is 29.4. The van der Waals surface area contributed by atoms with E-state index in [-0.39, 0.29) is 24.1 Å². The second kappa shape index (κ2) is 19.3. The molecule has 258 valence electrons. The maximum atomic E-state index is 12.9. The van der Waals surface area contributed by atoms with Crippen LogP contribution in [0.1, 0.15) is 123 Å². The molecule has 0 saturated heterocycles. The predicted molar refractivity (Wildman–Crippen MR) is 196 cm³/mol. The Morgan fingerprint density at radius 1 is 0.449 bits per heavy atom. The highest BCUT2D eigenvalue weighted by Crippen LogP contribution is 2.25. The molecule has 0 spiro atoms. The van der Waals surface area contributed by atoms with Gasteiger partial charge < -0.3 is 14.2 Å². The fourth-order valence-corrected chi connectivity index (χ4v) is 5.61. The van der Waals surface area contributed by atoms with Gasteiger partial charge in [0, 0.05) is 0 Å². The number of benzene rings is 4. The number of carbonyl (C=O) groups excluding carboxylic acids is 3. The number of hydrogen-bond acceptors (Lipinski definition) is 6. The zero-order valence-electron chi connectivity index (χ0n) is 29.4. The van der Waals surface area contributed by atoms with Crippen molar-refractivity contribution in [3.63, 3.8) is 0 Å². The van der Waals surface area contributed by atoms with Crippen LogP contribution in [0.3, 0.4) is 0 Å². The van der Waals surface area contributed by atoms with Crippen LogP contribution >= 0.6 is 0 Å². The first-order valence-electron chi connectivity index (χ1n) is 17.8. The van der Waals surface area contributed by atoms with Crippen LogP contribution in [0.15, 0.2) is 97.1 Å². The van der Waals surface area contributed by atoms with Crippen molar-refractivity contribution in [2.45, 2.75) is 104 Å². The lowest BCUT2D eigenvalue weighted by Crippen LogP contribution is -2.15. The Labute approximate surface area is 291 Å². The maximum Gasteiger partial charge on any atom is 0.343 e. The monoisotopic (exact) mass is 662 g/mol. The van der Waals surface area contributed by atoms with Crippen LogP contribution in [0.25, 0.3) is 22.3 Å². The van der Waals surface area contributed by atoms with Gasteiger partial charge in [0.05, 0.1) is 28.9 Å². The number of esters is 3. The molecular weight excluding hydrogens is 612 g/mol. The molecule has 4 rings (SSSR count). The SMILES string of the molecule is CCCCCC[C@@H](C)OC(=O)c1ccc(-c2ccc(C(=O)Oc3ccc(-c4ccc(C(=O)O[C@@H](C)CCCCCC)cc4)cc3)cc2)cc1. The van der Waals surface area contributed by atoms with E-state index in [0.717, 1.165) is 60.8 Å². The molecule has 0 unspecified atom stereocenters. The van der Waals surface area contributed by atoms with Crippen molar-refractivity contribution in [2.24, 2.45) is 0 Å². The molecule has 2 atom stereocenters. The second-order valence-electron chi connectivity index (χ2n) is 12.8.